The number of primary sulfonamides is 1. The first-order valence-corrected chi connectivity index (χ1v) is 6.85. The Morgan fingerprint density at radius 2 is 1.65 bits per heavy atom. The third-order valence-electron chi connectivity index (χ3n) is 2.17. The Labute approximate surface area is 123 Å². The first-order valence-electron chi connectivity index (χ1n) is 5.30. The fourth-order valence-corrected chi connectivity index (χ4v) is 1.83. The fraction of sp³-hybridized carbons (Fsp3) is 0.200. The highest BCUT2D eigenvalue weighted by atomic mass is 35.5. The summed E-state index contributed by atoms with van der Waals surface area (Å²) in [4.78, 5) is 7.56. The van der Waals surface area contributed by atoms with Gasteiger partial charge in [0.15, 0.2) is 5.96 Å². The van der Waals surface area contributed by atoms with Crippen LogP contribution in [-0.2, 0) is 16.4 Å². The zero-order valence-electron chi connectivity index (χ0n) is 10.6. The van der Waals surface area contributed by atoms with Gasteiger partial charge in [0.1, 0.15) is 0 Å². The molecule has 0 aliphatic rings. The molecule has 0 bridgehead atoms. The number of aliphatic imine (C=N–C) groups is 2. The number of hydrogen-bond donors (Lipinski definition) is 4. The maximum atomic E-state index is 11.1. The molecule has 0 aliphatic heterocycles. The molecule has 8 N–H and O–H groups in total. The molecule has 10 heteroatoms. The van der Waals surface area contributed by atoms with Crippen LogP contribution in [0.25, 0.3) is 0 Å². The lowest BCUT2D eigenvalue weighted by Crippen LogP contribution is -2.26. The molecule has 0 amide bonds. The summed E-state index contributed by atoms with van der Waals surface area (Å²) < 4.78 is 22.1. The molecule has 112 valence electrons. The average Bonchev–Trinajstić information content (AvgIpc) is 2.27. The summed E-state index contributed by atoms with van der Waals surface area (Å²) in [7, 11) is -3.66. The van der Waals surface area contributed by atoms with E-state index in [0.29, 0.717) is 13.0 Å². The Kier molecular flexibility index (Phi) is 6.97. The monoisotopic (exact) mass is 320 g/mol. The van der Waals surface area contributed by atoms with E-state index in [1.165, 1.54) is 12.1 Å². The standard InChI is InChI=1S/C10H16N6O2S.ClH/c11-9(12)16-10(13)15-6-5-7-1-3-8(4-2-7)19(14,17)18;/h1-4H,5-6H2,(H2,14,17,18)(H6,11,12,13,15,16);1H. The molecule has 0 aromatic heterocycles. The molecule has 8 nitrogen and oxygen atoms in total. The molecule has 20 heavy (non-hydrogen) atoms. The van der Waals surface area contributed by atoms with Crippen molar-refractivity contribution in [1.29, 1.82) is 0 Å². The molecule has 0 aliphatic carbocycles. The van der Waals surface area contributed by atoms with Crippen LogP contribution in [0.1, 0.15) is 5.56 Å². The summed E-state index contributed by atoms with van der Waals surface area (Å²) in [5, 5.41) is 4.99. The molecule has 0 atom stereocenters. The summed E-state index contributed by atoms with van der Waals surface area (Å²) >= 11 is 0. The predicted octanol–water partition coefficient (Wildman–Crippen LogP) is -1.11. The Balaban J connectivity index is 0.00000361. The normalized spacial score (nSPS) is 11.6. The van der Waals surface area contributed by atoms with Crippen molar-refractivity contribution in [2.75, 3.05) is 6.54 Å². The number of rotatable bonds is 4. The minimum absolute atomic E-state index is 0. The number of nitrogens with zero attached hydrogens (tertiary/aromatic N) is 2. The smallest absolute Gasteiger partial charge is 0.238 e. The molecule has 0 radical (unpaired) electrons. The lowest BCUT2D eigenvalue weighted by Gasteiger charge is -2.01. The van der Waals surface area contributed by atoms with Gasteiger partial charge in [0, 0.05) is 6.54 Å². The van der Waals surface area contributed by atoms with Crippen molar-refractivity contribution in [3.63, 3.8) is 0 Å². The Bertz CT molecular complexity index is 593. The van der Waals surface area contributed by atoms with E-state index in [9.17, 15) is 8.42 Å². The average molecular weight is 321 g/mol. The number of hydrogen-bond acceptors (Lipinski definition) is 3. The van der Waals surface area contributed by atoms with Crippen molar-refractivity contribution in [2.45, 2.75) is 11.3 Å². The number of nitrogens with two attached hydrogens (primary N) is 4. The van der Waals surface area contributed by atoms with Crippen LogP contribution in [0.3, 0.4) is 0 Å². The second-order valence-electron chi connectivity index (χ2n) is 3.72. The van der Waals surface area contributed by atoms with Crippen LogP contribution in [0.5, 0.6) is 0 Å². The van der Waals surface area contributed by atoms with Crippen LogP contribution in [0.2, 0.25) is 0 Å². The quantitative estimate of drug-likeness (QED) is 0.407. The summed E-state index contributed by atoms with van der Waals surface area (Å²) in [5.74, 6) is -0.153. The van der Waals surface area contributed by atoms with Crippen LogP contribution in [-0.4, -0.2) is 26.9 Å². The van der Waals surface area contributed by atoms with Crippen LogP contribution in [0.4, 0.5) is 0 Å². The van der Waals surface area contributed by atoms with Crippen molar-refractivity contribution in [2.24, 2.45) is 32.3 Å². The fourth-order valence-electron chi connectivity index (χ4n) is 1.31. The van der Waals surface area contributed by atoms with Gasteiger partial charge in [-0.2, -0.15) is 4.99 Å². The molecule has 0 unspecified atom stereocenters. The van der Waals surface area contributed by atoms with Gasteiger partial charge < -0.3 is 17.2 Å². The van der Waals surface area contributed by atoms with E-state index in [0.717, 1.165) is 5.56 Å². The lowest BCUT2D eigenvalue weighted by atomic mass is 10.1. The van der Waals surface area contributed by atoms with Gasteiger partial charge in [-0.05, 0) is 24.1 Å². The van der Waals surface area contributed by atoms with Crippen molar-refractivity contribution < 1.29 is 8.42 Å². The zero-order chi connectivity index (χ0) is 14.5. The number of benzene rings is 1. The molecular weight excluding hydrogens is 304 g/mol. The van der Waals surface area contributed by atoms with Gasteiger partial charge >= 0.3 is 0 Å². The summed E-state index contributed by atoms with van der Waals surface area (Å²) in [6.45, 7) is 0.386. The third-order valence-corrected chi connectivity index (χ3v) is 3.10. The maximum absolute atomic E-state index is 11.1. The minimum atomic E-state index is -3.66. The Hall–Kier alpha value is -1.84. The molecule has 1 aromatic rings. The van der Waals surface area contributed by atoms with Crippen LogP contribution < -0.4 is 22.3 Å². The molecule has 0 spiro atoms. The topological polar surface area (TPSA) is 163 Å². The van der Waals surface area contributed by atoms with E-state index in [4.69, 9.17) is 22.3 Å². The molecule has 0 saturated heterocycles. The lowest BCUT2D eigenvalue weighted by molar-refractivity contribution is 0.598. The maximum Gasteiger partial charge on any atom is 0.238 e. The van der Waals surface area contributed by atoms with Crippen molar-refractivity contribution in [3.05, 3.63) is 29.8 Å². The van der Waals surface area contributed by atoms with E-state index >= 15 is 0 Å². The van der Waals surface area contributed by atoms with Crippen LogP contribution >= 0.6 is 12.4 Å². The van der Waals surface area contributed by atoms with Gasteiger partial charge in [-0.25, -0.2) is 13.6 Å². The Morgan fingerprint density at radius 1 is 1.10 bits per heavy atom. The van der Waals surface area contributed by atoms with Crippen LogP contribution in [0, 0.1) is 0 Å². The first-order chi connectivity index (χ1) is 8.79. The zero-order valence-corrected chi connectivity index (χ0v) is 12.2. The number of sulfonamides is 1. The highest BCUT2D eigenvalue weighted by molar-refractivity contribution is 7.89. The molecule has 1 rings (SSSR count). The Morgan fingerprint density at radius 3 is 2.10 bits per heavy atom. The van der Waals surface area contributed by atoms with Gasteiger partial charge in [0.25, 0.3) is 0 Å². The highest BCUT2D eigenvalue weighted by Crippen LogP contribution is 2.09. The van der Waals surface area contributed by atoms with Crippen LogP contribution in [0.15, 0.2) is 39.1 Å². The SMILES string of the molecule is Cl.NC(N)=NC(N)=NCCc1ccc(S(N)(=O)=O)cc1. The van der Waals surface area contributed by atoms with E-state index < -0.39 is 10.0 Å². The number of halogens is 1. The molecule has 1 aromatic carbocycles. The van der Waals surface area contributed by atoms with E-state index in [2.05, 4.69) is 9.98 Å². The van der Waals surface area contributed by atoms with Gasteiger partial charge in [-0.3, -0.25) is 4.99 Å². The van der Waals surface area contributed by atoms with E-state index in [1.54, 1.807) is 12.1 Å². The summed E-state index contributed by atoms with van der Waals surface area (Å²) in [6, 6.07) is 6.19. The van der Waals surface area contributed by atoms with Crippen molar-refractivity contribution in [1.82, 2.24) is 0 Å². The van der Waals surface area contributed by atoms with Gasteiger partial charge in [0.2, 0.25) is 16.0 Å². The van der Waals surface area contributed by atoms with Gasteiger partial charge in [-0.15, -0.1) is 12.4 Å². The first kappa shape index (κ1) is 18.2. The second-order valence-corrected chi connectivity index (χ2v) is 5.28. The highest BCUT2D eigenvalue weighted by Gasteiger charge is 2.06. The number of guanidine groups is 2. The summed E-state index contributed by atoms with van der Waals surface area (Å²) in [5.41, 5.74) is 16.6. The van der Waals surface area contributed by atoms with E-state index in [1.807, 2.05) is 0 Å². The summed E-state index contributed by atoms with van der Waals surface area (Å²) in [6.07, 6.45) is 0.575. The molecule has 0 heterocycles. The van der Waals surface area contributed by atoms with Gasteiger partial charge in [-0.1, -0.05) is 12.1 Å². The molecular formula is C10H17ClN6O2S. The van der Waals surface area contributed by atoms with E-state index in [-0.39, 0.29) is 29.2 Å². The van der Waals surface area contributed by atoms with Crippen molar-refractivity contribution >= 4 is 34.3 Å². The third kappa shape index (κ3) is 6.36. The second kappa shape index (κ2) is 7.68. The van der Waals surface area contributed by atoms with Crippen molar-refractivity contribution in [3.8, 4) is 0 Å². The molecule has 0 saturated carbocycles. The molecule has 0 fully saturated rings. The predicted molar refractivity (Wildman–Crippen MR) is 81.1 cm³/mol. The van der Waals surface area contributed by atoms with Gasteiger partial charge in [0.05, 0.1) is 4.90 Å². The minimum Gasteiger partial charge on any atom is -0.370 e. The largest absolute Gasteiger partial charge is 0.370 e.